The molecule has 1 aromatic carbocycles. The molecule has 1 aromatic rings. The molecule has 0 aliphatic carbocycles. The highest BCUT2D eigenvalue weighted by atomic mass is 16.6. The van der Waals surface area contributed by atoms with Crippen molar-refractivity contribution in [2.24, 2.45) is 0 Å². The highest BCUT2D eigenvalue weighted by molar-refractivity contribution is 5.88. The molecule has 0 aromatic heterocycles. The van der Waals surface area contributed by atoms with E-state index in [0.717, 1.165) is 0 Å². The highest BCUT2D eigenvalue weighted by Gasteiger charge is 2.43. The zero-order valence-electron chi connectivity index (χ0n) is 12.1. The zero-order valence-corrected chi connectivity index (χ0v) is 12.1. The summed E-state index contributed by atoms with van der Waals surface area (Å²) in [6.45, 7) is 4.89. The van der Waals surface area contributed by atoms with E-state index in [0.29, 0.717) is 0 Å². The van der Waals surface area contributed by atoms with Crippen molar-refractivity contribution in [1.29, 1.82) is 5.26 Å². The first-order valence-electron chi connectivity index (χ1n) is 6.41. The first-order chi connectivity index (χ1) is 9.92. The second-order valence-corrected chi connectivity index (χ2v) is 4.30. The number of hydrogen-bond donors (Lipinski definition) is 0. The van der Waals surface area contributed by atoms with Crippen LogP contribution in [0.5, 0.6) is 5.75 Å². The molecule has 0 fully saturated rings. The molecule has 0 N–H and O–H groups in total. The Morgan fingerprint density at radius 1 is 1.43 bits per heavy atom. The molecule has 0 radical (unpaired) electrons. The van der Waals surface area contributed by atoms with Gasteiger partial charge in [0.15, 0.2) is 11.2 Å². The summed E-state index contributed by atoms with van der Waals surface area (Å²) >= 11 is 0. The van der Waals surface area contributed by atoms with Crippen LogP contribution in [0.3, 0.4) is 0 Å². The van der Waals surface area contributed by atoms with Gasteiger partial charge in [0.2, 0.25) is 0 Å². The van der Waals surface area contributed by atoms with Gasteiger partial charge in [-0.25, -0.2) is 4.79 Å². The SMILES string of the molecule is CCOC(=O)C(C)(C#N)c1cccc(OCC)c1[N+](=O)[O-]. The van der Waals surface area contributed by atoms with Gasteiger partial charge < -0.3 is 9.47 Å². The zero-order chi connectivity index (χ0) is 16.0. The van der Waals surface area contributed by atoms with Gasteiger partial charge in [0, 0.05) is 0 Å². The Balaban J connectivity index is 3.53. The van der Waals surface area contributed by atoms with E-state index in [2.05, 4.69) is 0 Å². The number of nitrogens with zero attached hydrogens (tertiary/aromatic N) is 2. The topological polar surface area (TPSA) is 102 Å². The fourth-order valence-electron chi connectivity index (χ4n) is 1.88. The molecule has 7 nitrogen and oxygen atoms in total. The van der Waals surface area contributed by atoms with Gasteiger partial charge in [0.05, 0.1) is 29.8 Å². The van der Waals surface area contributed by atoms with E-state index in [9.17, 15) is 20.2 Å². The third-order valence-electron chi connectivity index (χ3n) is 2.93. The van der Waals surface area contributed by atoms with Crippen molar-refractivity contribution in [3.63, 3.8) is 0 Å². The van der Waals surface area contributed by atoms with Crippen molar-refractivity contribution in [2.75, 3.05) is 13.2 Å². The molecular weight excluding hydrogens is 276 g/mol. The van der Waals surface area contributed by atoms with Crippen LogP contribution in [0.2, 0.25) is 0 Å². The summed E-state index contributed by atoms with van der Waals surface area (Å²) in [5, 5.41) is 20.7. The highest BCUT2D eigenvalue weighted by Crippen LogP contribution is 2.38. The smallest absolute Gasteiger partial charge is 0.331 e. The molecule has 1 rings (SSSR count). The number of hydrogen-bond acceptors (Lipinski definition) is 6. The molecule has 0 bridgehead atoms. The van der Waals surface area contributed by atoms with E-state index < -0.39 is 22.0 Å². The van der Waals surface area contributed by atoms with Gasteiger partial charge in [0.25, 0.3) is 0 Å². The average Bonchev–Trinajstić information content (AvgIpc) is 2.46. The number of rotatable bonds is 6. The molecule has 21 heavy (non-hydrogen) atoms. The lowest BCUT2D eigenvalue weighted by Gasteiger charge is -2.20. The molecule has 0 aliphatic heterocycles. The fraction of sp³-hybridized carbons (Fsp3) is 0.429. The second-order valence-electron chi connectivity index (χ2n) is 4.30. The largest absolute Gasteiger partial charge is 0.487 e. The maximum absolute atomic E-state index is 12.0. The number of benzene rings is 1. The van der Waals surface area contributed by atoms with E-state index in [4.69, 9.17) is 9.47 Å². The number of nitro groups is 1. The van der Waals surface area contributed by atoms with Crippen LogP contribution in [0.15, 0.2) is 18.2 Å². The minimum atomic E-state index is -1.77. The van der Waals surface area contributed by atoms with E-state index in [1.54, 1.807) is 13.8 Å². The predicted octanol–water partition coefficient (Wildman–Crippen LogP) is 2.34. The van der Waals surface area contributed by atoms with Crippen LogP contribution in [-0.2, 0) is 14.9 Å². The molecule has 1 atom stereocenters. The lowest BCUT2D eigenvalue weighted by atomic mass is 9.82. The minimum absolute atomic E-state index is 0.0192. The second kappa shape index (κ2) is 6.70. The maximum atomic E-state index is 12.0. The first-order valence-corrected chi connectivity index (χ1v) is 6.41. The third-order valence-corrected chi connectivity index (χ3v) is 2.93. The van der Waals surface area contributed by atoms with Crippen LogP contribution < -0.4 is 4.74 Å². The van der Waals surface area contributed by atoms with Crippen LogP contribution in [0.1, 0.15) is 26.3 Å². The van der Waals surface area contributed by atoms with Gasteiger partial charge in [-0.1, -0.05) is 6.07 Å². The van der Waals surface area contributed by atoms with E-state index >= 15 is 0 Å². The Hall–Kier alpha value is -2.62. The van der Waals surface area contributed by atoms with Crippen molar-refractivity contribution in [3.05, 3.63) is 33.9 Å². The van der Waals surface area contributed by atoms with Gasteiger partial charge in [-0.15, -0.1) is 0 Å². The van der Waals surface area contributed by atoms with Crippen LogP contribution in [0, 0.1) is 21.4 Å². The third kappa shape index (κ3) is 3.11. The van der Waals surface area contributed by atoms with Gasteiger partial charge in [-0.3, -0.25) is 10.1 Å². The molecule has 0 spiro atoms. The van der Waals surface area contributed by atoms with Crippen molar-refractivity contribution < 1.29 is 19.2 Å². The average molecular weight is 292 g/mol. The molecule has 112 valence electrons. The molecule has 0 saturated heterocycles. The number of carbonyl (C=O) groups excluding carboxylic acids is 1. The molecule has 0 aliphatic rings. The maximum Gasteiger partial charge on any atom is 0.331 e. The van der Waals surface area contributed by atoms with Crippen LogP contribution in [0.25, 0.3) is 0 Å². The summed E-state index contributed by atoms with van der Waals surface area (Å²) in [5.74, 6) is -0.810. The summed E-state index contributed by atoms with van der Waals surface area (Å²) in [6.07, 6.45) is 0. The Morgan fingerprint density at radius 2 is 2.10 bits per heavy atom. The summed E-state index contributed by atoms with van der Waals surface area (Å²) in [4.78, 5) is 22.7. The predicted molar refractivity (Wildman–Crippen MR) is 73.9 cm³/mol. The van der Waals surface area contributed by atoms with Gasteiger partial charge in [-0.2, -0.15) is 5.26 Å². The molecule has 0 saturated carbocycles. The Bertz CT molecular complexity index is 594. The summed E-state index contributed by atoms with van der Waals surface area (Å²) < 4.78 is 10.1. The summed E-state index contributed by atoms with van der Waals surface area (Å²) in [6, 6.07) is 6.10. The van der Waals surface area contributed by atoms with E-state index in [1.807, 2.05) is 6.07 Å². The number of carbonyl (C=O) groups is 1. The number of nitro benzene ring substituents is 1. The Kier molecular flexibility index (Phi) is 5.24. The van der Waals surface area contributed by atoms with E-state index in [-0.39, 0.29) is 24.5 Å². The Morgan fingerprint density at radius 3 is 2.57 bits per heavy atom. The van der Waals surface area contributed by atoms with Gasteiger partial charge in [0.1, 0.15) is 0 Å². The molecule has 0 heterocycles. The number of ether oxygens (including phenoxy) is 2. The quantitative estimate of drug-likeness (QED) is 0.453. The fourth-order valence-corrected chi connectivity index (χ4v) is 1.88. The number of esters is 1. The lowest BCUT2D eigenvalue weighted by molar-refractivity contribution is -0.386. The van der Waals surface area contributed by atoms with Crippen LogP contribution in [-0.4, -0.2) is 24.1 Å². The monoisotopic (exact) mass is 292 g/mol. The van der Waals surface area contributed by atoms with Crippen molar-refractivity contribution in [1.82, 2.24) is 0 Å². The molecule has 0 amide bonds. The first kappa shape index (κ1) is 16.4. The Labute approximate surface area is 122 Å². The molecular formula is C14H16N2O5. The molecule has 7 heteroatoms. The lowest BCUT2D eigenvalue weighted by Crippen LogP contribution is -2.33. The van der Waals surface area contributed by atoms with Gasteiger partial charge >= 0.3 is 11.7 Å². The number of para-hydroxylation sites is 1. The van der Waals surface area contributed by atoms with Gasteiger partial charge in [-0.05, 0) is 32.9 Å². The summed E-state index contributed by atoms with van der Waals surface area (Å²) in [7, 11) is 0. The number of nitriles is 1. The van der Waals surface area contributed by atoms with Crippen molar-refractivity contribution in [3.8, 4) is 11.8 Å². The van der Waals surface area contributed by atoms with Crippen LogP contribution in [0.4, 0.5) is 5.69 Å². The normalized spacial score (nSPS) is 12.9. The standard InChI is InChI=1S/C14H16N2O5/c1-4-20-11-8-6-7-10(12(11)16(18)19)14(3,9-15)13(17)21-5-2/h6-8H,4-5H2,1-3H3. The summed E-state index contributed by atoms with van der Waals surface area (Å²) in [5.41, 5.74) is -2.21. The van der Waals surface area contributed by atoms with Crippen LogP contribution >= 0.6 is 0 Å². The van der Waals surface area contributed by atoms with Crippen molar-refractivity contribution >= 4 is 11.7 Å². The van der Waals surface area contributed by atoms with Crippen molar-refractivity contribution in [2.45, 2.75) is 26.2 Å². The van der Waals surface area contributed by atoms with E-state index in [1.165, 1.54) is 25.1 Å². The molecule has 1 unspecified atom stereocenters. The minimum Gasteiger partial charge on any atom is -0.487 e.